The Morgan fingerprint density at radius 3 is 2.31 bits per heavy atom. The minimum atomic E-state index is -3.70. The van der Waals surface area contributed by atoms with Crippen molar-refractivity contribution in [3.05, 3.63) is 35.6 Å². The Labute approximate surface area is 75.0 Å². The molecule has 0 radical (unpaired) electrons. The molecule has 0 fully saturated rings. The topological polar surface area (TPSA) is 66.4 Å². The summed E-state index contributed by atoms with van der Waals surface area (Å²) in [6, 6.07) is 4.99. The molecule has 0 spiro atoms. The molecule has 0 amide bonds. The van der Waals surface area contributed by atoms with Crippen LogP contribution in [0.3, 0.4) is 0 Å². The summed E-state index contributed by atoms with van der Waals surface area (Å²) < 4.78 is 34.0. The monoisotopic (exact) mass is 205 g/mol. The molecule has 0 unspecified atom stereocenters. The van der Waals surface area contributed by atoms with Gasteiger partial charge in [0.2, 0.25) is 10.0 Å². The Balaban J connectivity index is 2.82. The first-order chi connectivity index (χ1) is 6.03. The first kappa shape index (κ1) is 10.1. The minimum Gasteiger partial charge on any atom is -0.302 e. The van der Waals surface area contributed by atoms with Crippen molar-refractivity contribution >= 4 is 10.0 Å². The normalized spacial score (nSPS) is 11.5. The second kappa shape index (κ2) is 3.82. The maximum absolute atomic E-state index is 12.4. The van der Waals surface area contributed by atoms with Crippen molar-refractivity contribution < 1.29 is 18.0 Å². The maximum atomic E-state index is 12.4. The molecule has 0 aliphatic rings. The number of sulfonamides is 1. The van der Waals surface area contributed by atoms with Gasteiger partial charge in [0.1, 0.15) is 5.82 Å². The van der Waals surface area contributed by atoms with Crippen molar-refractivity contribution in [3.63, 3.8) is 0 Å². The van der Waals surface area contributed by atoms with Crippen molar-refractivity contribution in [2.24, 2.45) is 0 Å². The van der Waals surface area contributed by atoms with Gasteiger partial charge in [-0.05, 0) is 17.7 Å². The van der Waals surface area contributed by atoms with E-state index >= 15 is 0 Å². The van der Waals surface area contributed by atoms with Crippen LogP contribution in [0.1, 0.15) is 5.56 Å². The predicted molar refractivity (Wildman–Crippen MR) is 43.9 cm³/mol. The van der Waals surface area contributed by atoms with E-state index < -0.39 is 15.8 Å². The van der Waals surface area contributed by atoms with E-state index in [1.54, 1.807) is 0 Å². The Morgan fingerprint density at radius 2 is 1.85 bits per heavy atom. The van der Waals surface area contributed by atoms with E-state index in [4.69, 9.17) is 5.21 Å². The van der Waals surface area contributed by atoms with Gasteiger partial charge < -0.3 is 5.21 Å². The molecule has 0 aromatic heterocycles. The summed E-state index contributed by atoms with van der Waals surface area (Å²) in [6.07, 6.45) is 0. The third kappa shape index (κ3) is 3.10. The van der Waals surface area contributed by atoms with Gasteiger partial charge in [-0.25, -0.2) is 12.8 Å². The van der Waals surface area contributed by atoms with Crippen molar-refractivity contribution in [1.29, 1.82) is 0 Å². The molecule has 4 nitrogen and oxygen atoms in total. The Hall–Kier alpha value is -0.980. The average Bonchev–Trinajstić information content (AvgIpc) is 2.09. The Bertz CT molecular complexity index is 373. The molecule has 1 rings (SSSR count). The van der Waals surface area contributed by atoms with Crippen LogP contribution in [0, 0.1) is 5.82 Å². The van der Waals surface area contributed by atoms with Crippen LogP contribution in [0.5, 0.6) is 0 Å². The van der Waals surface area contributed by atoms with Crippen LogP contribution < -0.4 is 4.89 Å². The number of nitrogens with one attached hydrogen (secondary N) is 1. The Morgan fingerprint density at radius 1 is 1.31 bits per heavy atom. The molecule has 0 saturated carbocycles. The first-order valence-electron chi connectivity index (χ1n) is 3.41. The van der Waals surface area contributed by atoms with E-state index in [0.29, 0.717) is 5.56 Å². The molecular formula is C7H8FNO3S. The molecule has 0 aliphatic carbocycles. The van der Waals surface area contributed by atoms with Gasteiger partial charge in [-0.15, -0.1) is 0 Å². The smallest absolute Gasteiger partial charge is 0.237 e. The van der Waals surface area contributed by atoms with Crippen molar-refractivity contribution in [2.75, 3.05) is 0 Å². The van der Waals surface area contributed by atoms with E-state index in [1.165, 1.54) is 17.0 Å². The largest absolute Gasteiger partial charge is 0.302 e. The zero-order valence-corrected chi connectivity index (χ0v) is 7.38. The van der Waals surface area contributed by atoms with E-state index in [1.807, 2.05) is 0 Å². The van der Waals surface area contributed by atoms with Gasteiger partial charge in [0.25, 0.3) is 0 Å². The fraction of sp³-hybridized carbons (Fsp3) is 0.143. The molecule has 13 heavy (non-hydrogen) atoms. The highest BCUT2D eigenvalue weighted by Gasteiger charge is 2.08. The van der Waals surface area contributed by atoms with Gasteiger partial charge >= 0.3 is 0 Å². The highest BCUT2D eigenvalue weighted by Crippen LogP contribution is 2.05. The van der Waals surface area contributed by atoms with Crippen LogP contribution in [0.25, 0.3) is 0 Å². The number of rotatable bonds is 3. The zero-order chi connectivity index (χ0) is 9.90. The van der Waals surface area contributed by atoms with Gasteiger partial charge in [-0.1, -0.05) is 17.0 Å². The Kier molecular flexibility index (Phi) is 2.97. The molecule has 2 N–H and O–H groups in total. The SMILES string of the molecule is O=S(=O)(Cc1ccc(F)cc1)NO. The summed E-state index contributed by atoms with van der Waals surface area (Å²) in [5.41, 5.74) is 0.406. The number of hydrogen-bond acceptors (Lipinski definition) is 3. The molecule has 0 saturated heterocycles. The highest BCUT2D eigenvalue weighted by atomic mass is 32.2. The van der Waals surface area contributed by atoms with E-state index in [9.17, 15) is 12.8 Å². The summed E-state index contributed by atoms with van der Waals surface area (Å²) in [5.74, 6) is -0.804. The van der Waals surface area contributed by atoms with Gasteiger partial charge in [-0.2, -0.15) is 0 Å². The van der Waals surface area contributed by atoms with E-state index in [0.717, 1.165) is 12.1 Å². The third-order valence-corrected chi connectivity index (χ3v) is 2.40. The van der Waals surface area contributed by atoms with Crippen molar-refractivity contribution in [2.45, 2.75) is 5.75 Å². The van der Waals surface area contributed by atoms with Crippen molar-refractivity contribution in [3.8, 4) is 0 Å². The van der Waals surface area contributed by atoms with Gasteiger partial charge in [0, 0.05) is 0 Å². The molecule has 72 valence electrons. The quantitative estimate of drug-likeness (QED) is 0.711. The van der Waals surface area contributed by atoms with Crippen LogP contribution >= 0.6 is 0 Å². The number of benzene rings is 1. The summed E-state index contributed by atoms with van der Waals surface area (Å²) >= 11 is 0. The number of hydrogen-bond donors (Lipinski definition) is 2. The average molecular weight is 205 g/mol. The lowest BCUT2D eigenvalue weighted by Crippen LogP contribution is -2.21. The molecular weight excluding hydrogens is 197 g/mol. The molecule has 0 aliphatic heterocycles. The van der Waals surface area contributed by atoms with Crippen LogP contribution in [-0.4, -0.2) is 13.6 Å². The molecule has 0 heterocycles. The lowest BCUT2D eigenvalue weighted by molar-refractivity contribution is 0.242. The van der Waals surface area contributed by atoms with Crippen LogP contribution in [0.15, 0.2) is 24.3 Å². The van der Waals surface area contributed by atoms with Gasteiger partial charge in [0.15, 0.2) is 0 Å². The van der Waals surface area contributed by atoms with Crippen molar-refractivity contribution in [1.82, 2.24) is 4.89 Å². The van der Waals surface area contributed by atoms with Gasteiger partial charge in [-0.3, -0.25) is 0 Å². The molecule has 0 bridgehead atoms. The summed E-state index contributed by atoms with van der Waals surface area (Å²) in [6.45, 7) is 0. The summed E-state index contributed by atoms with van der Waals surface area (Å²) in [7, 11) is -3.70. The summed E-state index contributed by atoms with van der Waals surface area (Å²) in [5, 5.41) is 8.20. The first-order valence-corrected chi connectivity index (χ1v) is 5.07. The molecule has 1 aromatic carbocycles. The lowest BCUT2D eigenvalue weighted by Gasteiger charge is -2.00. The standard InChI is InChI=1S/C7H8FNO3S/c8-7-3-1-6(2-4-7)5-13(11,12)9-10/h1-4,9-10H,5H2. The third-order valence-electron chi connectivity index (χ3n) is 1.41. The fourth-order valence-corrected chi connectivity index (χ4v) is 1.53. The summed E-state index contributed by atoms with van der Waals surface area (Å²) in [4.78, 5) is 1.18. The fourth-order valence-electron chi connectivity index (χ4n) is 0.832. The second-order valence-corrected chi connectivity index (χ2v) is 4.18. The molecule has 0 atom stereocenters. The minimum absolute atomic E-state index is 0.371. The second-order valence-electron chi connectivity index (χ2n) is 2.48. The van der Waals surface area contributed by atoms with Crippen LogP contribution in [0.4, 0.5) is 4.39 Å². The van der Waals surface area contributed by atoms with E-state index in [2.05, 4.69) is 0 Å². The van der Waals surface area contributed by atoms with E-state index in [-0.39, 0.29) is 5.75 Å². The maximum Gasteiger partial charge on any atom is 0.237 e. The lowest BCUT2D eigenvalue weighted by atomic mass is 10.2. The molecule has 1 aromatic rings. The highest BCUT2D eigenvalue weighted by molar-refractivity contribution is 7.88. The predicted octanol–water partition coefficient (Wildman–Crippen LogP) is 0.634. The van der Waals surface area contributed by atoms with Crippen LogP contribution in [-0.2, 0) is 15.8 Å². The number of halogens is 1. The van der Waals surface area contributed by atoms with Crippen LogP contribution in [0.2, 0.25) is 0 Å². The van der Waals surface area contributed by atoms with Gasteiger partial charge in [0.05, 0.1) is 5.75 Å². The zero-order valence-electron chi connectivity index (χ0n) is 6.57. The molecule has 6 heteroatoms.